The fraction of sp³-hybridized carbons (Fsp3) is 0.214. The Morgan fingerprint density at radius 1 is 1.28 bits per heavy atom. The SMILES string of the molecule is CC(N)c1ccnc(SCc2ccc(Cl)cc2)c1. The lowest BCUT2D eigenvalue weighted by Crippen LogP contribution is -2.04. The van der Waals surface area contributed by atoms with Gasteiger partial charge in [0.2, 0.25) is 0 Å². The number of pyridine rings is 1. The standard InChI is InChI=1S/C14H15ClN2S/c1-10(16)12-6-7-17-14(8-12)18-9-11-2-4-13(15)5-3-11/h2-8,10H,9,16H2,1H3. The maximum absolute atomic E-state index is 5.85. The van der Waals surface area contributed by atoms with E-state index in [0.29, 0.717) is 0 Å². The van der Waals surface area contributed by atoms with Crippen molar-refractivity contribution in [1.29, 1.82) is 0 Å². The van der Waals surface area contributed by atoms with Gasteiger partial charge in [-0.15, -0.1) is 11.8 Å². The van der Waals surface area contributed by atoms with Crippen LogP contribution in [0.15, 0.2) is 47.6 Å². The van der Waals surface area contributed by atoms with Crippen molar-refractivity contribution in [1.82, 2.24) is 4.98 Å². The van der Waals surface area contributed by atoms with Crippen LogP contribution in [0.1, 0.15) is 24.1 Å². The summed E-state index contributed by atoms with van der Waals surface area (Å²) >= 11 is 7.55. The van der Waals surface area contributed by atoms with Crippen LogP contribution in [-0.4, -0.2) is 4.98 Å². The molecule has 2 rings (SSSR count). The van der Waals surface area contributed by atoms with E-state index in [0.717, 1.165) is 21.4 Å². The zero-order valence-electron chi connectivity index (χ0n) is 10.1. The van der Waals surface area contributed by atoms with Crippen LogP contribution in [0.5, 0.6) is 0 Å². The quantitative estimate of drug-likeness (QED) is 0.858. The monoisotopic (exact) mass is 278 g/mol. The van der Waals surface area contributed by atoms with Gasteiger partial charge in [-0.1, -0.05) is 23.7 Å². The second-order valence-corrected chi connectivity index (χ2v) is 5.56. The van der Waals surface area contributed by atoms with Gasteiger partial charge in [0, 0.05) is 23.0 Å². The molecule has 1 aromatic heterocycles. The molecule has 2 nitrogen and oxygen atoms in total. The minimum atomic E-state index is 0.0443. The summed E-state index contributed by atoms with van der Waals surface area (Å²) in [6.45, 7) is 1.98. The Morgan fingerprint density at radius 3 is 2.67 bits per heavy atom. The average Bonchev–Trinajstić information content (AvgIpc) is 2.38. The molecule has 0 aliphatic heterocycles. The van der Waals surface area contributed by atoms with Crippen LogP contribution in [0.25, 0.3) is 0 Å². The van der Waals surface area contributed by atoms with Crippen LogP contribution in [0.4, 0.5) is 0 Å². The Hall–Kier alpha value is -1.03. The van der Waals surface area contributed by atoms with Crippen LogP contribution in [0, 0.1) is 0 Å². The largest absolute Gasteiger partial charge is 0.324 e. The third kappa shape index (κ3) is 3.73. The van der Waals surface area contributed by atoms with Gasteiger partial charge < -0.3 is 5.73 Å². The first kappa shape index (κ1) is 13.4. The number of rotatable bonds is 4. The summed E-state index contributed by atoms with van der Waals surface area (Å²) in [5, 5.41) is 1.76. The normalized spacial score (nSPS) is 12.4. The van der Waals surface area contributed by atoms with E-state index in [1.807, 2.05) is 49.5 Å². The molecule has 0 amide bonds. The van der Waals surface area contributed by atoms with E-state index in [9.17, 15) is 0 Å². The molecule has 0 fully saturated rings. The van der Waals surface area contributed by atoms with E-state index in [2.05, 4.69) is 4.98 Å². The van der Waals surface area contributed by atoms with Gasteiger partial charge in [-0.2, -0.15) is 0 Å². The summed E-state index contributed by atoms with van der Waals surface area (Å²) in [4.78, 5) is 4.34. The summed E-state index contributed by atoms with van der Waals surface area (Å²) < 4.78 is 0. The van der Waals surface area contributed by atoms with Crippen molar-refractivity contribution < 1.29 is 0 Å². The first-order valence-electron chi connectivity index (χ1n) is 5.74. The van der Waals surface area contributed by atoms with Crippen molar-refractivity contribution in [3.05, 3.63) is 58.7 Å². The summed E-state index contributed by atoms with van der Waals surface area (Å²) in [5.74, 6) is 0.882. The molecule has 2 aromatic rings. The molecule has 1 aromatic carbocycles. The third-order valence-electron chi connectivity index (χ3n) is 2.58. The van der Waals surface area contributed by atoms with E-state index in [1.54, 1.807) is 11.8 Å². The molecular weight excluding hydrogens is 264 g/mol. The summed E-state index contributed by atoms with van der Waals surface area (Å²) in [7, 11) is 0. The summed E-state index contributed by atoms with van der Waals surface area (Å²) in [6, 6.07) is 11.9. The lowest BCUT2D eigenvalue weighted by atomic mass is 10.1. The number of nitrogens with two attached hydrogens (primary N) is 1. The van der Waals surface area contributed by atoms with Gasteiger partial charge in [0.05, 0.1) is 5.03 Å². The molecule has 0 aliphatic rings. The zero-order chi connectivity index (χ0) is 13.0. The highest BCUT2D eigenvalue weighted by Gasteiger charge is 2.02. The van der Waals surface area contributed by atoms with Gasteiger partial charge in [-0.05, 0) is 42.3 Å². The number of hydrogen-bond acceptors (Lipinski definition) is 3. The number of hydrogen-bond donors (Lipinski definition) is 1. The Morgan fingerprint density at radius 2 is 2.00 bits per heavy atom. The molecule has 0 saturated carbocycles. The van der Waals surface area contributed by atoms with Gasteiger partial charge >= 0.3 is 0 Å². The molecule has 0 spiro atoms. The lowest BCUT2D eigenvalue weighted by Gasteiger charge is -2.07. The minimum Gasteiger partial charge on any atom is -0.324 e. The van der Waals surface area contributed by atoms with E-state index < -0.39 is 0 Å². The predicted octanol–water partition coefficient (Wildman–Crippen LogP) is 4.05. The Labute approximate surface area is 117 Å². The van der Waals surface area contributed by atoms with Crippen LogP contribution < -0.4 is 5.73 Å². The molecule has 0 saturated heterocycles. The number of benzene rings is 1. The molecule has 0 bridgehead atoms. The molecule has 18 heavy (non-hydrogen) atoms. The van der Waals surface area contributed by atoms with Crippen LogP contribution in [0.2, 0.25) is 5.02 Å². The molecule has 2 N–H and O–H groups in total. The summed E-state index contributed by atoms with van der Waals surface area (Å²) in [6.07, 6.45) is 1.81. The van der Waals surface area contributed by atoms with Crippen molar-refractivity contribution in [2.75, 3.05) is 0 Å². The van der Waals surface area contributed by atoms with Crippen molar-refractivity contribution in [3.63, 3.8) is 0 Å². The number of halogens is 1. The Balaban J connectivity index is 2.01. The van der Waals surface area contributed by atoms with Gasteiger partial charge in [0.25, 0.3) is 0 Å². The van der Waals surface area contributed by atoms with E-state index in [4.69, 9.17) is 17.3 Å². The molecule has 1 heterocycles. The fourth-order valence-corrected chi connectivity index (χ4v) is 2.51. The Bertz CT molecular complexity index is 511. The molecular formula is C14H15ClN2S. The van der Waals surface area contributed by atoms with Crippen molar-refractivity contribution in [2.24, 2.45) is 5.73 Å². The highest BCUT2D eigenvalue weighted by molar-refractivity contribution is 7.98. The average molecular weight is 279 g/mol. The minimum absolute atomic E-state index is 0.0443. The van der Waals surface area contributed by atoms with Crippen molar-refractivity contribution >= 4 is 23.4 Å². The molecule has 4 heteroatoms. The predicted molar refractivity (Wildman–Crippen MR) is 77.9 cm³/mol. The first-order chi connectivity index (χ1) is 8.65. The number of thioether (sulfide) groups is 1. The second kappa shape index (κ2) is 6.23. The van der Waals surface area contributed by atoms with Crippen LogP contribution in [0.3, 0.4) is 0 Å². The summed E-state index contributed by atoms with van der Waals surface area (Å²) in [5.41, 5.74) is 8.20. The van der Waals surface area contributed by atoms with Gasteiger partial charge in [0.15, 0.2) is 0 Å². The smallest absolute Gasteiger partial charge is 0.0966 e. The lowest BCUT2D eigenvalue weighted by molar-refractivity contribution is 0.808. The van der Waals surface area contributed by atoms with E-state index >= 15 is 0 Å². The van der Waals surface area contributed by atoms with E-state index in [1.165, 1.54) is 5.56 Å². The maximum Gasteiger partial charge on any atom is 0.0966 e. The molecule has 94 valence electrons. The van der Waals surface area contributed by atoms with Crippen molar-refractivity contribution in [2.45, 2.75) is 23.7 Å². The maximum atomic E-state index is 5.85. The molecule has 0 aliphatic carbocycles. The zero-order valence-corrected chi connectivity index (χ0v) is 11.7. The highest BCUT2D eigenvalue weighted by atomic mass is 35.5. The fourth-order valence-electron chi connectivity index (χ4n) is 1.52. The third-order valence-corrected chi connectivity index (χ3v) is 3.83. The van der Waals surface area contributed by atoms with Crippen LogP contribution in [-0.2, 0) is 5.75 Å². The molecule has 1 unspecified atom stereocenters. The van der Waals surface area contributed by atoms with Gasteiger partial charge in [-0.25, -0.2) is 4.98 Å². The van der Waals surface area contributed by atoms with Crippen molar-refractivity contribution in [3.8, 4) is 0 Å². The number of nitrogens with zero attached hydrogens (tertiary/aromatic N) is 1. The second-order valence-electron chi connectivity index (χ2n) is 4.13. The topological polar surface area (TPSA) is 38.9 Å². The molecule has 1 atom stereocenters. The van der Waals surface area contributed by atoms with E-state index in [-0.39, 0.29) is 6.04 Å². The van der Waals surface area contributed by atoms with Gasteiger partial charge in [0.1, 0.15) is 0 Å². The number of aromatic nitrogens is 1. The van der Waals surface area contributed by atoms with Gasteiger partial charge in [-0.3, -0.25) is 0 Å². The van der Waals surface area contributed by atoms with Crippen LogP contribution >= 0.6 is 23.4 Å². The highest BCUT2D eigenvalue weighted by Crippen LogP contribution is 2.23. The first-order valence-corrected chi connectivity index (χ1v) is 7.10. The molecule has 0 radical (unpaired) electrons. The Kier molecular flexibility index (Phi) is 4.64.